The molecule has 0 amide bonds. The lowest BCUT2D eigenvalue weighted by atomic mass is 9.96. The highest BCUT2D eigenvalue weighted by Crippen LogP contribution is 2.36. The highest BCUT2D eigenvalue weighted by molar-refractivity contribution is 9.10. The molecule has 0 bridgehead atoms. The van der Waals surface area contributed by atoms with Crippen LogP contribution in [-0.4, -0.2) is 13.2 Å². The Hall–Kier alpha value is -1.52. The Kier molecular flexibility index (Phi) is 5.23. The van der Waals surface area contributed by atoms with E-state index in [4.69, 9.17) is 9.47 Å². The van der Waals surface area contributed by atoms with Gasteiger partial charge in [-0.3, -0.25) is 0 Å². The minimum atomic E-state index is 0.316. The number of benzene rings is 2. The van der Waals surface area contributed by atoms with Gasteiger partial charge < -0.3 is 14.8 Å². The fourth-order valence-corrected chi connectivity index (χ4v) is 3.32. The maximum absolute atomic E-state index is 5.68. The van der Waals surface area contributed by atoms with E-state index in [0.717, 1.165) is 22.5 Å². The molecule has 0 aliphatic carbocycles. The minimum absolute atomic E-state index is 0.316. The first-order valence-electron chi connectivity index (χ1n) is 8.01. The highest BCUT2D eigenvalue weighted by atomic mass is 79.9. The van der Waals surface area contributed by atoms with E-state index in [1.54, 1.807) is 0 Å². The van der Waals surface area contributed by atoms with Crippen molar-refractivity contribution in [3.05, 3.63) is 58.1 Å². The summed E-state index contributed by atoms with van der Waals surface area (Å²) in [7, 11) is 0. The zero-order valence-corrected chi connectivity index (χ0v) is 15.1. The summed E-state index contributed by atoms with van der Waals surface area (Å²) in [6, 6.07) is 15.0. The molecular weight excluding hydrogens is 354 g/mol. The number of hydrogen-bond donors (Lipinski definition) is 1. The van der Waals surface area contributed by atoms with E-state index in [-0.39, 0.29) is 0 Å². The average molecular weight is 376 g/mol. The van der Waals surface area contributed by atoms with Crippen LogP contribution in [0.3, 0.4) is 0 Å². The Morgan fingerprint density at radius 1 is 1.04 bits per heavy atom. The molecule has 1 atom stereocenters. The van der Waals surface area contributed by atoms with Crippen molar-refractivity contribution in [2.24, 2.45) is 5.92 Å². The first-order valence-corrected chi connectivity index (χ1v) is 8.81. The van der Waals surface area contributed by atoms with E-state index in [1.807, 2.05) is 6.07 Å². The fraction of sp³-hybridized carbons (Fsp3) is 0.368. The summed E-state index contributed by atoms with van der Waals surface area (Å²) in [5.41, 5.74) is 2.49. The molecule has 0 saturated heterocycles. The third-order valence-electron chi connectivity index (χ3n) is 4.05. The number of ether oxygens (including phenoxy) is 2. The molecule has 0 radical (unpaired) electrons. The van der Waals surface area contributed by atoms with Crippen LogP contribution in [-0.2, 0) is 6.54 Å². The molecule has 122 valence electrons. The van der Waals surface area contributed by atoms with Gasteiger partial charge in [-0.25, -0.2) is 0 Å². The Bertz CT molecular complexity index is 658. The Morgan fingerprint density at radius 3 is 2.35 bits per heavy atom. The number of hydrogen-bond acceptors (Lipinski definition) is 3. The molecule has 2 aromatic carbocycles. The van der Waals surface area contributed by atoms with E-state index in [1.165, 1.54) is 11.1 Å². The molecule has 0 aromatic heterocycles. The summed E-state index contributed by atoms with van der Waals surface area (Å²) in [5, 5.41) is 3.67. The second-order valence-electron chi connectivity index (χ2n) is 6.10. The van der Waals surface area contributed by atoms with Crippen LogP contribution >= 0.6 is 15.9 Å². The van der Waals surface area contributed by atoms with Crippen molar-refractivity contribution in [1.29, 1.82) is 0 Å². The van der Waals surface area contributed by atoms with Gasteiger partial charge in [0, 0.05) is 17.1 Å². The van der Waals surface area contributed by atoms with Crippen molar-refractivity contribution in [1.82, 2.24) is 5.32 Å². The molecule has 1 heterocycles. The molecule has 1 N–H and O–H groups in total. The molecule has 3 nitrogen and oxygen atoms in total. The van der Waals surface area contributed by atoms with Crippen LogP contribution in [0.25, 0.3) is 0 Å². The first kappa shape index (κ1) is 16.3. The van der Waals surface area contributed by atoms with Gasteiger partial charge >= 0.3 is 0 Å². The summed E-state index contributed by atoms with van der Waals surface area (Å²) in [6.07, 6.45) is 0. The predicted molar refractivity (Wildman–Crippen MR) is 96.0 cm³/mol. The van der Waals surface area contributed by atoms with Gasteiger partial charge in [-0.2, -0.15) is 0 Å². The van der Waals surface area contributed by atoms with Crippen molar-refractivity contribution in [3.8, 4) is 11.5 Å². The van der Waals surface area contributed by atoms with Crippen LogP contribution in [0.2, 0.25) is 0 Å². The zero-order chi connectivity index (χ0) is 16.2. The zero-order valence-electron chi connectivity index (χ0n) is 13.5. The van der Waals surface area contributed by atoms with Crippen molar-refractivity contribution >= 4 is 15.9 Å². The fourth-order valence-electron chi connectivity index (χ4n) is 2.86. The monoisotopic (exact) mass is 375 g/mol. The van der Waals surface area contributed by atoms with Gasteiger partial charge in [0.15, 0.2) is 11.5 Å². The van der Waals surface area contributed by atoms with Crippen molar-refractivity contribution in [3.63, 3.8) is 0 Å². The quantitative estimate of drug-likeness (QED) is 0.820. The molecule has 2 aromatic rings. The second-order valence-corrected chi connectivity index (χ2v) is 6.95. The smallest absolute Gasteiger partial charge is 0.162 e. The van der Waals surface area contributed by atoms with Gasteiger partial charge in [0.05, 0.1) is 0 Å². The Morgan fingerprint density at radius 2 is 1.70 bits per heavy atom. The predicted octanol–water partition coefficient (Wildman–Crippen LogP) is 4.71. The third-order valence-corrected chi connectivity index (χ3v) is 4.79. The number of rotatable bonds is 5. The standard InChI is InChI=1S/C19H22BrNO2/c1-13(2)19(14-6-4-3-5-7-14)21-12-15-10-17-18(11-16(15)20)23-9-8-22-17/h3-7,10-11,13,19,21H,8-9,12H2,1-2H3. The van der Waals surface area contributed by atoms with E-state index >= 15 is 0 Å². The van der Waals surface area contributed by atoms with Crippen molar-refractivity contribution < 1.29 is 9.47 Å². The van der Waals surface area contributed by atoms with Crippen LogP contribution in [0.4, 0.5) is 0 Å². The molecule has 0 fully saturated rings. The summed E-state index contributed by atoms with van der Waals surface area (Å²) in [5.74, 6) is 2.15. The summed E-state index contributed by atoms with van der Waals surface area (Å²) < 4.78 is 12.3. The molecule has 1 unspecified atom stereocenters. The minimum Gasteiger partial charge on any atom is -0.486 e. The van der Waals surface area contributed by atoms with E-state index < -0.39 is 0 Å². The van der Waals surface area contributed by atoms with Crippen LogP contribution < -0.4 is 14.8 Å². The molecule has 4 heteroatoms. The van der Waals surface area contributed by atoms with Crippen LogP contribution in [0.1, 0.15) is 31.0 Å². The summed E-state index contributed by atoms with van der Waals surface area (Å²) in [4.78, 5) is 0. The third kappa shape index (κ3) is 3.88. The average Bonchev–Trinajstić information content (AvgIpc) is 2.56. The van der Waals surface area contributed by atoms with Gasteiger partial charge in [0.1, 0.15) is 13.2 Å². The maximum Gasteiger partial charge on any atom is 0.162 e. The molecule has 3 rings (SSSR count). The van der Waals surface area contributed by atoms with Gasteiger partial charge in [0.2, 0.25) is 0 Å². The first-order chi connectivity index (χ1) is 11.1. The number of nitrogens with one attached hydrogen (secondary N) is 1. The number of fused-ring (bicyclic) bond motifs is 1. The van der Waals surface area contributed by atoms with Gasteiger partial charge in [-0.15, -0.1) is 0 Å². The molecule has 23 heavy (non-hydrogen) atoms. The van der Waals surface area contributed by atoms with Crippen LogP contribution in [0.5, 0.6) is 11.5 Å². The highest BCUT2D eigenvalue weighted by Gasteiger charge is 2.18. The number of halogens is 1. The topological polar surface area (TPSA) is 30.5 Å². The molecule has 0 saturated carbocycles. The van der Waals surface area contributed by atoms with E-state index in [2.05, 4.69) is 71.5 Å². The molecule has 0 spiro atoms. The Balaban J connectivity index is 1.76. The molecule has 1 aliphatic heterocycles. The maximum atomic E-state index is 5.68. The summed E-state index contributed by atoms with van der Waals surface area (Å²) in [6.45, 7) is 6.47. The lowest BCUT2D eigenvalue weighted by Crippen LogP contribution is -2.25. The van der Waals surface area contributed by atoms with Gasteiger partial charge in [-0.05, 0) is 29.2 Å². The lowest BCUT2D eigenvalue weighted by molar-refractivity contribution is 0.171. The lowest BCUT2D eigenvalue weighted by Gasteiger charge is -2.24. The van der Waals surface area contributed by atoms with Crippen LogP contribution in [0.15, 0.2) is 46.9 Å². The van der Waals surface area contributed by atoms with Gasteiger partial charge in [-0.1, -0.05) is 60.1 Å². The molecular formula is C19H22BrNO2. The van der Waals surface area contributed by atoms with Gasteiger partial charge in [0.25, 0.3) is 0 Å². The summed E-state index contributed by atoms with van der Waals surface area (Å²) >= 11 is 3.64. The van der Waals surface area contributed by atoms with Crippen LogP contribution in [0, 0.1) is 5.92 Å². The van der Waals surface area contributed by atoms with E-state index in [9.17, 15) is 0 Å². The van der Waals surface area contributed by atoms with Crippen molar-refractivity contribution in [2.75, 3.05) is 13.2 Å². The second kappa shape index (κ2) is 7.37. The van der Waals surface area contributed by atoms with E-state index in [0.29, 0.717) is 25.2 Å². The SMILES string of the molecule is CC(C)C(NCc1cc2c(cc1Br)OCCO2)c1ccccc1. The van der Waals surface area contributed by atoms with Crippen molar-refractivity contribution in [2.45, 2.75) is 26.4 Å². The normalized spacial score (nSPS) is 14.8. The molecule has 1 aliphatic rings. The largest absolute Gasteiger partial charge is 0.486 e. The Labute approximate surface area is 146 Å².